The maximum atomic E-state index is 12.1. The van der Waals surface area contributed by atoms with Crippen molar-refractivity contribution in [1.82, 2.24) is 5.32 Å². The molecule has 1 aromatic heterocycles. The fraction of sp³-hybridized carbons (Fsp3) is 0.200. The number of carbonyl (C=O) groups is 2. The van der Waals surface area contributed by atoms with Crippen molar-refractivity contribution in [1.29, 1.82) is 0 Å². The molecule has 0 saturated heterocycles. The zero-order chi connectivity index (χ0) is 15.2. The van der Waals surface area contributed by atoms with Crippen molar-refractivity contribution < 1.29 is 9.59 Å². The minimum absolute atomic E-state index is 0.158. The maximum absolute atomic E-state index is 12.1. The van der Waals surface area contributed by atoms with Crippen LogP contribution >= 0.6 is 22.9 Å². The van der Waals surface area contributed by atoms with Gasteiger partial charge in [0.15, 0.2) is 0 Å². The highest BCUT2D eigenvalue weighted by molar-refractivity contribution is 7.10. The van der Waals surface area contributed by atoms with Gasteiger partial charge in [0.05, 0.1) is 23.2 Å². The molecule has 0 unspecified atom stereocenters. The van der Waals surface area contributed by atoms with Crippen molar-refractivity contribution in [2.75, 3.05) is 5.32 Å². The third-order valence-corrected chi connectivity index (χ3v) is 4.12. The molecule has 0 spiro atoms. The molecule has 2 rings (SSSR count). The fourth-order valence-corrected chi connectivity index (χ4v) is 2.87. The Hall–Kier alpha value is -1.85. The van der Waals surface area contributed by atoms with Gasteiger partial charge in [0.2, 0.25) is 11.8 Å². The molecular formula is C15H15ClN2O2S. The van der Waals surface area contributed by atoms with Crippen LogP contribution in [-0.2, 0) is 9.59 Å². The molecule has 1 heterocycles. The first-order valence-corrected chi connectivity index (χ1v) is 7.67. The zero-order valence-electron chi connectivity index (χ0n) is 11.4. The lowest BCUT2D eigenvalue weighted by atomic mass is 10.1. The van der Waals surface area contributed by atoms with E-state index in [1.54, 1.807) is 24.3 Å². The second-order valence-corrected chi connectivity index (χ2v) is 5.89. The molecule has 0 fully saturated rings. The Kier molecular flexibility index (Phi) is 5.36. The quantitative estimate of drug-likeness (QED) is 0.883. The second kappa shape index (κ2) is 7.24. The van der Waals surface area contributed by atoms with Crippen LogP contribution in [0.2, 0.25) is 5.02 Å². The van der Waals surface area contributed by atoms with Gasteiger partial charge in [-0.2, -0.15) is 0 Å². The molecule has 2 amide bonds. The van der Waals surface area contributed by atoms with Crippen LogP contribution in [0.15, 0.2) is 41.8 Å². The van der Waals surface area contributed by atoms with Gasteiger partial charge in [-0.25, -0.2) is 0 Å². The number of para-hydroxylation sites is 1. The van der Waals surface area contributed by atoms with Gasteiger partial charge >= 0.3 is 0 Å². The molecule has 0 bridgehead atoms. The molecule has 0 aliphatic rings. The van der Waals surface area contributed by atoms with E-state index >= 15 is 0 Å². The summed E-state index contributed by atoms with van der Waals surface area (Å²) < 4.78 is 0. The first-order valence-electron chi connectivity index (χ1n) is 6.41. The average Bonchev–Trinajstić information content (AvgIpc) is 2.94. The summed E-state index contributed by atoms with van der Waals surface area (Å²) in [6.45, 7) is 1.44. The first-order chi connectivity index (χ1) is 10.1. The van der Waals surface area contributed by atoms with Crippen LogP contribution in [0.1, 0.15) is 24.3 Å². The third-order valence-electron chi connectivity index (χ3n) is 2.80. The Labute approximate surface area is 132 Å². The highest BCUT2D eigenvalue weighted by Crippen LogP contribution is 2.24. The molecule has 6 heteroatoms. The van der Waals surface area contributed by atoms with Crippen molar-refractivity contribution in [2.24, 2.45) is 0 Å². The predicted octanol–water partition coefficient (Wildman–Crippen LogP) is 3.61. The van der Waals surface area contributed by atoms with Gasteiger partial charge < -0.3 is 10.6 Å². The Bertz CT molecular complexity index is 628. The summed E-state index contributed by atoms with van der Waals surface area (Å²) >= 11 is 7.51. The van der Waals surface area contributed by atoms with E-state index in [2.05, 4.69) is 10.6 Å². The van der Waals surface area contributed by atoms with Gasteiger partial charge in [0, 0.05) is 11.8 Å². The van der Waals surface area contributed by atoms with Crippen LogP contribution in [0.25, 0.3) is 0 Å². The van der Waals surface area contributed by atoms with Crippen LogP contribution in [0.5, 0.6) is 0 Å². The molecule has 1 aromatic carbocycles. The van der Waals surface area contributed by atoms with Crippen molar-refractivity contribution >= 4 is 40.4 Å². The van der Waals surface area contributed by atoms with E-state index in [1.807, 2.05) is 17.5 Å². The van der Waals surface area contributed by atoms with Gasteiger partial charge in [0.25, 0.3) is 0 Å². The number of thiophene rings is 1. The van der Waals surface area contributed by atoms with E-state index in [-0.39, 0.29) is 24.3 Å². The number of benzene rings is 1. The molecule has 2 N–H and O–H groups in total. The summed E-state index contributed by atoms with van der Waals surface area (Å²) in [6, 6.07) is 10.5. The molecule has 1 atom stereocenters. The lowest BCUT2D eigenvalue weighted by Crippen LogP contribution is -2.29. The standard InChI is InChI=1S/C15H15ClN2O2S/c1-10(19)17-13(14-7-4-8-21-14)9-15(20)18-12-6-3-2-5-11(12)16/h2-8,13H,9H2,1H3,(H,17,19)(H,18,20)/t13-/m0/s1. The van der Waals surface area contributed by atoms with Gasteiger partial charge in [-0.15, -0.1) is 11.3 Å². The Morgan fingerprint density at radius 1 is 1.24 bits per heavy atom. The Morgan fingerprint density at radius 3 is 2.62 bits per heavy atom. The molecule has 0 aliphatic heterocycles. The predicted molar refractivity (Wildman–Crippen MR) is 85.6 cm³/mol. The molecule has 0 saturated carbocycles. The first kappa shape index (κ1) is 15.5. The summed E-state index contributed by atoms with van der Waals surface area (Å²) in [5, 5.41) is 7.95. The van der Waals surface area contributed by atoms with E-state index in [4.69, 9.17) is 11.6 Å². The summed E-state index contributed by atoms with van der Waals surface area (Å²) in [6.07, 6.45) is 0.158. The van der Waals surface area contributed by atoms with E-state index in [9.17, 15) is 9.59 Å². The molecular weight excluding hydrogens is 308 g/mol. The van der Waals surface area contributed by atoms with Crippen molar-refractivity contribution in [3.05, 3.63) is 51.7 Å². The van der Waals surface area contributed by atoms with Crippen LogP contribution in [0.4, 0.5) is 5.69 Å². The molecule has 0 radical (unpaired) electrons. The molecule has 110 valence electrons. The largest absolute Gasteiger partial charge is 0.348 e. The monoisotopic (exact) mass is 322 g/mol. The lowest BCUT2D eigenvalue weighted by Gasteiger charge is -2.16. The fourth-order valence-electron chi connectivity index (χ4n) is 1.91. The van der Waals surface area contributed by atoms with Crippen LogP contribution in [0.3, 0.4) is 0 Å². The SMILES string of the molecule is CC(=O)N[C@@H](CC(=O)Nc1ccccc1Cl)c1cccs1. The zero-order valence-corrected chi connectivity index (χ0v) is 13.0. The van der Waals surface area contributed by atoms with E-state index in [1.165, 1.54) is 18.3 Å². The van der Waals surface area contributed by atoms with Gasteiger partial charge in [-0.3, -0.25) is 9.59 Å². The Morgan fingerprint density at radius 2 is 2.00 bits per heavy atom. The number of hydrogen-bond donors (Lipinski definition) is 2. The summed E-state index contributed by atoms with van der Waals surface area (Å²) in [4.78, 5) is 24.4. The second-order valence-electron chi connectivity index (χ2n) is 4.50. The normalized spacial score (nSPS) is 11.7. The number of nitrogens with one attached hydrogen (secondary N) is 2. The van der Waals surface area contributed by atoms with Crippen LogP contribution in [0, 0.1) is 0 Å². The number of hydrogen-bond acceptors (Lipinski definition) is 3. The smallest absolute Gasteiger partial charge is 0.226 e. The molecule has 2 aromatic rings. The average molecular weight is 323 g/mol. The summed E-state index contributed by atoms with van der Waals surface area (Å²) in [5.41, 5.74) is 0.567. The van der Waals surface area contributed by atoms with Gasteiger partial charge in [-0.1, -0.05) is 29.8 Å². The molecule has 0 aliphatic carbocycles. The topological polar surface area (TPSA) is 58.2 Å². The third kappa shape index (κ3) is 4.58. The van der Waals surface area contributed by atoms with E-state index in [0.29, 0.717) is 10.7 Å². The van der Waals surface area contributed by atoms with E-state index in [0.717, 1.165) is 4.88 Å². The summed E-state index contributed by atoms with van der Waals surface area (Å²) in [5.74, 6) is -0.366. The Balaban J connectivity index is 2.05. The maximum Gasteiger partial charge on any atom is 0.226 e. The number of halogens is 1. The molecule has 4 nitrogen and oxygen atoms in total. The van der Waals surface area contributed by atoms with Crippen molar-refractivity contribution in [3.63, 3.8) is 0 Å². The molecule has 21 heavy (non-hydrogen) atoms. The van der Waals surface area contributed by atoms with Crippen LogP contribution in [-0.4, -0.2) is 11.8 Å². The number of carbonyl (C=O) groups excluding carboxylic acids is 2. The minimum atomic E-state index is -0.329. The number of rotatable bonds is 5. The minimum Gasteiger partial charge on any atom is -0.348 e. The lowest BCUT2D eigenvalue weighted by molar-refractivity contribution is -0.120. The van der Waals surface area contributed by atoms with Crippen molar-refractivity contribution in [2.45, 2.75) is 19.4 Å². The highest BCUT2D eigenvalue weighted by atomic mass is 35.5. The van der Waals surface area contributed by atoms with Gasteiger partial charge in [0.1, 0.15) is 0 Å². The number of amides is 2. The van der Waals surface area contributed by atoms with Gasteiger partial charge in [-0.05, 0) is 23.6 Å². The van der Waals surface area contributed by atoms with Crippen LogP contribution < -0.4 is 10.6 Å². The van der Waals surface area contributed by atoms with Crippen molar-refractivity contribution in [3.8, 4) is 0 Å². The number of anilines is 1. The highest BCUT2D eigenvalue weighted by Gasteiger charge is 2.18. The van der Waals surface area contributed by atoms with E-state index < -0.39 is 0 Å². The summed E-state index contributed by atoms with van der Waals surface area (Å²) in [7, 11) is 0.